The number of rotatable bonds is 1. The van der Waals surface area contributed by atoms with Crippen molar-refractivity contribution in [2.45, 2.75) is 26.2 Å². The van der Waals surface area contributed by atoms with Crippen molar-refractivity contribution in [2.75, 3.05) is 0 Å². The van der Waals surface area contributed by atoms with Gasteiger partial charge < -0.3 is 5.11 Å². The number of aromatic hydroxyl groups is 1. The van der Waals surface area contributed by atoms with Gasteiger partial charge in [0.15, 0.2) is 0 Å². The first-order chi connectivity index (χ1) is 7.48. The van der Waals surface area contributed by atoms with Gasteiger partial charge in [-0.3, -0.25) is 0 Å². The molecule has 1 aromatic heterocycles. The molecule has 16 heavy (non-hydrogen) atoms. The minimum absolute atomic E-state index is 0.0373. The second-order valence-electron chi connectivity index (χ2n) is 4.77. The van der Waals surface area contributed by atoms with Crippen LogP contribution in [0.1, 0.15) is 26.3 Å². The summed E-state index contributed by atoms with van der Waals surface area (Å²) in [5.41, 5.74) is 1.78. The minimum Gasteiger partial charge on any atom is -0.506 e. The van der Waals surface area contributed by atoms with E-state index in [1.54, 1.807) is 18.5 Å². The zero-order chi connectivity index (χ0) is 11.8. The Kier molecular flexibility index (Phi) is 2.42. The molecule has 4 heteroatoms. The van der Waals surface area contributed by atoms with Gasteiger partial charge in [-0.15, -0.1) is 4.80 Å². The molecule has 0 aliphatic carbocycles. The van der Waals surface area contributed by atoms with E-state index < -0.39 is 0 Å². The number of nitrogens with zero attached hydrogens (tertiary/aromatic N) is 3. The molecule has 0 saturated heterocycles. The third kappa shape index (κ3) is 1.91. The van der Waals surface area contributed by atoms with Crippen molar-refractivity contribution in [1.82, 2.24) is 15.0 Å². The molecule has 0 bridgehead atoms. The average Bonchev–Trinajstić information content (AvgIpc) is 2.69. The first kappa shape index (κ1) is 10.7. The molecule has 0 aliphatic rings. The lowest BCUT2D eigenvalue weighted by atomic mass is 9.87. The Morgan fingerprint density at radius 2 is 1.75 bits per heavy atom. The molecule has 0 fully saturated rings. The van der Waals surface area contributed by atoms with Gasteiger partial charge in [0, 0.05) is 0 Å². The van der Waals surface area contributed by atoms with Gasteiger partial charge in [0.25, 0.3) is 0 Å². The molecule has 4 nitrogen and oxygen atoms in total. The van der Waals surface area contributed by atoms with Crippen molar-refractivity contribution in [3.63, 3.8) is 0 Å². The van der Waals surface area contributed by atoms with Crippen LogP contribution in [0.2, 0.25) is 0 Å². The van der Waals surface area contributed by atoms with Crippen molar-refractivity contribution in [3.8, 4) is 11.4 Å². The van der Waals surface area contributed by atoms with Crippen LogP contribution in [0, 0.1) is 0 Å². The van der Waals surface area contributed by atoms with E-state index in [1.807, 2.05) is 12.1 Å². The second-order valence-corrected chi connectivity index (χ2v) is 4.77. The molecule has 1 heterocycles. The van der Waals surface area contributed by atoms with Crippen LogP contribution in [0.3, 0.4) is 0 Å². The normalized spacial score (nSPS) is 11.7. The molecule has 0 aliphatic heterocycles. The summed E-state index contributed by atoms with van der Waals surface area (Å²) in [6, 6.07) is 5.51. The SMILES string of the molecule is CC(C)(C)c1ccc(O)c(-n2nccn2)c1. The predicted octanol–water partition coefficient (Wildman–Crippen LogP) is 2.27. The highest BCUT2D eigenvalue weighted by Crippen LogP contribution is 2.28. The largest absolute Gasteiger partial charge is 0.506 e. The van der Waals surface area contributed by atoms with Crippen LogP contribution < -0.4 is 0 Å². The predicted molar refractivity (Wildman–Crippen MR) is 61.7 cm³/mol. The van der Waals surface area contributed by atoms with E-state index >= 15 is 0 Å². The van der Waals surface area contributed by atoms with Crippen molar-refractivity contribution < 1.29 is 5.11 Å². The lowest BCUT2D eigenvalue weighted by molar-refractivity contribution is 0.466. The van der Waals surface area contributed by atoms with E-state index in [9.17, 15) is 5.11 Å². The maximum absolute atomic E-state index is 9.77. The topological polar surface area (TPSA) is 50.9 Å². The van der Waals surface area contributed by atoms with E-state index in [0.29, 0.717) is 5.69 Å². The Labute approximate surface area is 94.5 Å². The van der Waals surface area contributed by atoms with Gasteiger partial charge in [0.1, 0.15) is 11.4 Å². The third-order valence-corrected chi connectivity index (χ3v) is 2.48. The monoisotopic (exact) mass is 217 g/mol. The molecule has 0 spiro atoms. The van der Waals surface area contributed by atoms with E-state index in [0.717, 1.165) is 5.56 Å². The lowest BCUT2D eigenvalue weighted by Crippen LogP contribution is -2.12. The molecule has 84 valence electrons. The van der Waals surface area contributed by atoms with Crippen molar-refractivity contribution in [1.29, 1.82) is 0 Å². The van der Waals surface area contributed by atoms with Gasteiger partial charge in [0.05, 0.1) is 12.4 Å². The van der Waals surface area contributed by atoms with Crippen LogP contribution in [0.5, 0.6) is 5.75 Å². The molecule has 2 rings (SSSR count). The molecule has 0 radical (unpaired) electrons. The summed E-state index contributed by atoms with van der Waals surface area (Å²) in [6.45, 7) is 6.37. The molecular weight excluding hydrogens is 202 g/mol. The molecule has 0 amide bonds. The molecular formula is C12H15N3O. The average molecular weight is 217 g/mol. The zero-order valence-electron chi connectivity index (χ0n) is 9.68. The highest BCUT2D eigenvalue weighted by Gasteiger charge is 2.16. The van der Waals surface area contributed by atoms with Crippen LogP contribution in [-0.2, 0) is 5.41 Å². The number of phenolic OH excluding ortho intramolecular Hbond substituents is 1. The van der Waals surface area contributed by atoms with Gasteiger partial charge in [-0.25, -0.2) is 0 Å². The molecule has 0 atom stereocenters. The van der Waals surface area contributed by atoms with Gasteiger partial charge in [0.2, 0.25) is 0 Å². The number of hydrogen-bond donors (Lipinski definition) is 1. The minimum atomic E-state index is 0.0373. The Morgan fingerprint density at radius 3 is 2.31 bits per heavy atom. The second kappa shape index (κ2) is 3.63. The van der Waals surface area contributed by atoms with Gasteiger partial charge in [-0.05, 0) is 23.1 Å². The fourth-order valence-electron chi connectivity index (χ4n) is 1.49. The third-order valence-electron chi connectivity index (χ3n) is 2.48. The lowest BCUT2D eigenvalue weighted by Gasteiger charge is -2.19. The molecule has 0 saturated carbocycles. The van der Waals surface area contributed by atoms with Crippen LogP contribution in [0.25, 0.3) is 5.69 Å². The molecule has 0 unspecified atom stereocenters. The Bertz CT molecular complexity index is 483. The van der Waals surface area contributed by atoms with Crippen LogP contribution in [-0.4, -0.2) is 20.1 Å². The molecule has 1 N–H and O–H groups in total. The number of phenols is 1. The summed E-state index contributed by atoms with van der Waals surface area (Å²) in [7, 11) is 0. The summed E-state index contributed by atoms with van der Waals surface area (Å²) in [6.07, 6.45) is 3.17. The fourth-order valence-corrected chi connectivity index (χ4v) is 1.49. The molecule has 2 aromatic rings. The smallest absolute Gasteiger partial charge is 0.143 e. The quantitative estimate of drug-likeness (QED) is 0.797. The summed E-state index contributed by atoms with van der Waals surface area (Å²) in [5, 5.41) is 17.8. The zero-order valence-corrected chi connectivity index (χ0v) is 9.68. The molecule has 1 aromatic carbocycles. The number of hydrogen-bond acceptors (Lipinski definition) is 3. The first-order valence-electron chi connectivity index (χ1n) is 5.18. The van der Waals surface area contributed by atoms with Crippen LogP contribution in [0.4, 0.5) is 0 Å². The summed E-state index contributed by atoms with van der Waals surface area (Å²) >= 11 is 0. The van der Waals surface area contributed by atoms with E-state index in [-0.39, 0.29) is 11.2 Å². The Balaban J connectivity index is 2.54. The van der Waals surface area contributed by atoms with E-state index in [1.165, 1.54) is 4.80 Å². The summed E-state index contributed by atoms with van der Waals surface area (Å²) in [5.74, 6) is 0.184. The van der Waals surface area contributed by atoms with Crippen LogP contribution >= 0.6 is 0 Å². The first-order valence-corrected chi connectivity index (χ1v) is 5.18. The van der Waals surface area contributed by atoms with Crippen molar-refractivity contribution >= 4 is 0 Å². The summed E-state index contributed by atoms with van der Waals surface area (Å²) in [4.78, 5) is 1.42. The van der Waals surface area contributed by atoms with Crippen LogP contribution in [0.15, 0.2) is 30.6 Å². The number of aromatic nitrogens is 3. The van der Waals surface area contributed by atoms with E-state index in [4.69, 9.17) is 0 Å². The maximum atomic E-state index is 9.77. The Hall–Kier alpha value is -1.84. The number of benzene rings is 1. The van der Waals surface area contributed by atoms with Gasteiger partial charge in [-0.2, -0.15) is 10.2 Å². The van der Waals surface area contributed by atoms with E-state index in [2.05, 4.69) is 31.0 Å². The fraction of sp³-hybridized carbons (Fsp3) is 0.333. The van der Waals surface area contributed by atoms with Gasteiger partial charge in [-0.1, -0.05) is 26.8 Å². The summed E-state index contributed by atoms with van der Waals surface area (Å²) < 4.78 is 0. The standard InChI is InChI=1S/C12H15N3O/c1-12(2,3)9-4-5-11(16)10(8-9)15-13-6-7-14-15/h4-8,16H,1-3H3. The van der Waals surface area contributed by atoms with Crippen molar-refractivity contribution in [3.05, 3.63) is 36.2 Å². The highest BCUT2D eigenvalue weighted by molar-refractivity contribution is 5.48. The highest BCUT2D eigenvalue weighted by atomic mass is 16.3. The van der Waals surface area contributed by atoms with Gasteiger partial charge >= 0.3 is 0 Å². The van der Waals surface area contributed by atoms with Crippen molar-refractivity contribution in [2.24, 2.45) is 0 Å². The maximum Gasteiger partial charge on any atom is 0.143 e. The Morgan fingerprint density at radius 1 is 1.12 bits per heavy atom.